The molecule has 0 saturated carbocycles. The SMILES string of the molecule is O=C(O)[C@H](O)[C@@H](O)[C@H](O)[C@H](O)CO.[Ca+2].[H-].[H-].[H-].[Na+]. The molecule has 0 aliphatic heterocycles. The first-order valence-electron chi connectivity index (χ1n) is 3.47. The van der Waals surface area contributed by atoms with Crippen molar-refractivity contribution in [3.63, 3.8) is 0 Å². The fourth-order valence-corrected chi connectivity index (χ4v) is 0.668. The molecule has 0 heterocycles. The zero-order valence-corrected chi connectivity index (χ0v) is 12.5. The largest absolute Gasteiger partial charge is 2.00 e. The number of carboxylic acids is 1. The molecule has 0 aromatic carbocycles. The minimum absolute atomic E-state index is 0. The predicted octanol–water partition coefficient (Wildman–Crippen LogP) is -6.53. The Bertz CT molecular complexity index is 193. The van der Waals surface area contributed by atoms with Gasteiger partial charge < -0.3 is 34.9 Å². The molecule has 0 fully saturated rings. The van der Waals surface area contributed by atoms with Gasteiger partial charge in [-0.05, 0) is 0 Å². The van der Waals surface area contributed by atoms with Crippen molar-refractivity contribution >= 4 is 43.7 Å². The Balaban J connectivity index is -0.0000000720. The third-order valence-corrected chi connectivity index (χ3v) is 1.51. The van der Waals surface area contributed by atoms with E-state index in [4.69, 9.17) is 30.6 Å². The van der Waals surface area contributed by atoms with Gasteiger partial charge >= 0.3 is 73.3 Å². The van der Waals surface area contributed by atoms with Crippen LogP contribution < -0.4 is 29.6 Å². The number of rotatable bonds is 5. The van der Waals surface area contributed by atoms with Crippen LogP contribution in [-0.2, 0) is 4.79 Å². The summed E-state index contributed by atoms with van der Waals surface area (Å²) in [4.78, 5) is 10.1. The summed E-state index contributed by atoms with van der Waals surface area (Å²) < 4.78 is 0. The van der Waals surface area contributed by atoms with E-state index in [-0.39, 0.29) is 71.6 Å². The minimum Gasteiger partial charge on any atom is -1.00 e. The van der Waals surface area contributed by atoms with Crippen molar-refractivity contribution in [1.82, 2.24) is 0 Å². The van der Waals surface area contributed by atoms with Crippen molar-refractivity contribution in [3.8, 4) is 0 Å². The zero-order valence-electron chi connectivity index (χ0n) is 11.3. The van der Waals surface area contributed by atoms with E-state index in [0.29, 0.717) is 0 Å². The van der Waals surface area contributed by atoms with E-state index in [1.807, 2.05) is 0 Å². The number of aliphatic hydroxyl groups is 5. The van der Waals surface area contributed by atoms with Gasteiger partial charge in [-0.25, -0.2) is 4.79 Å². The maximum Gasteiger partial charge on any atom is 2.00 e. The maximum absolute atomic E-state index is 10.1. The average Bonchev–Trinajstić information content (AvgIpc) is 2.12. The summed E-state index contributed by atoms with van der Waals surface area (Å²) in [7, 11) is 0. The maximum atomic E-state index is 10.1. The third-order valence-electron chi connectivity index (χ3n) is 1.51. The quantitative estimate of drug-likeness (QED) is 0.271. The number of hydrogen-bond acceptors (Lipinski definition) is 6. The van der Waals surface area contributed by atoms with E-state index in [0.717, 1.165) is 0 Å². The number of aliphatic hydroxyl groups excluding tert-OH is 5. The minimum atomic E-state index is -2.20. The summed E-state index contributed by atoms with van der Waals surface area (Å²) in [5, 5.41) is 51.8. The van der Waals surface area contributed by atoms with Gasteiger partial charge in [-0.3, -0.25) is 0 Å². The van der Waals surface area contributed by atoms with Crippen LogP contribution in [0.25, 0.3) is 0 Å². The summed E-state index contributed by atoms with van der Waals surface area (Å²) in [6, 6.07) is 0. The van der Waals surface area contributed by atoms with Gasteiger partial charge in [-0.1, -0.05) is 0 Å². The molecule has 0 rings (SSSR count). The fraction of sp³-hybridized carbons (Fsp3) is 0.833. The first kappa shape index (κ1) is 21.8. The van der Waals surface area contributed by atoms with Crippen LogP contribution in [0, 0.1) is 0 Å². The zero-order chi connectivity index (χ0) is 10.6. The van der Waals surface area contributed by atoms with Gasteiger partial charge in [0, 0.05) is 0 Å². The molecule has 0 aliphatic rings. The normalized spacial score (nSPS) is 17.7. The fourth-order valence-electron chi connectivity index (χ4n) is 0.668. The molecule has 0 radical (unpaired) electrons. The summed E-state index contributed by atoms with van der Waals surface area (Å²) >= 11 is 0. The van der Waals surface area contributed by atoms with Gasteiger partial charge in [0.1, 0.15) is 18.3 Å². The number of hydrogen-bond donors (Lipinski definition) is 6. The van der Waals surface area contributed by atoms with Crippen molar-refractivity contribution in [1.29, 1.82) is 0 Å². The third kappa shape index (κ3) is 7.45. The molecule has 6 N–H and O–H groups in total. The van der Waals surface area contributed by atoms with Crippen molar-refractivity contribution in [2.75, 3.05) is 6.61 Å². The number of carboxylic acid groups (broad SMARTS) is 1. The topological polar surface area (TPSA) is 138 Å². The molecule has 0 aromatic rings. The molecule has 4 atom stereocenters. The molecule has 15 heavy (non-hydrogen) atoms. The van der Waals surface area contributed by atoms with Crippen molar-refractivity contribution in [2.45, 2.75) is 24.4 Å². The van der Waals surface area contributed by atoms with Crippen molar-refractivity contribution in [2.24, 2.45) is 0 Å². The molecule has 0 amide bonds. The molecule has 0 saturated heterocycles. The molecule has 0 unspecified atom stereocenters. The van der Waals surface area contributed by atoms with E-state index < -0.39 is 37.0 Å². The van der Waals surface area contributed by atoms with Crippen molar-refractivity contribution < 1.29 is 69.3 Å². The Kier molecular flexibility index (Phi) is 15.5. The van der Waals surface area contributed by atoms with Crippen LogP contribution in [-0.4, -0.2) is 105 Å². The molecule has 9 heteroatoms. The number of aliphatic carboxylic acids is 1. The van der Waals surface area contributed by atoms with Crippen LogP contribution in [0.4, 0.5) is 0 Å². The Morgan fingerprint density at radius 2 is 1.53 bits per heavy atom. The second-order valence-electron chi connectivity index (χ2n) is 2.51. The van der Waals surface area contributed by atoms with Gasteiger partial charge in [-0.15, -0.1) is 0 Å². The van der Waals surface area contributed by atoms with Gasteiger partial charge in [0.05, 0.1) is 6.61 Å². The molecule has 0 aliphatic carbocycles. The molecular weight excluding hydrogens is 247 g/mol. The number of carbonyl (C=O) groups is 1. The van der Waals surface area contributed by atoms with Gasteiger partial charge in [0.15, 0.2) is 6.10 Å². The molecule has 0 bridgehead atoms. The first-order chi connectivity index (χ1) is 5.91. The van der Waals surface area contributed by atoms with Crippen LogP contribution >= 0.6 is 0 Å². The van der Waals surface area contributed by atoms with Gasteiger partial charge in [-0.2, -0.15) is 0 Å². The Morgan fingerprint density at radius 3 is 1.80 bits per heavy atom. The smallest absolute Gasteiger partial charge is 1.00 e. The van der Waals surface area contributed by atoms with Gasteiger partial charge in [0.25, 0.3) is 0 Å². The van der Waals surface area contributed by atoms with Crippen LogP contribution in [0.1, 0.15) is 4.28 Å². The van der Waals surface area contributed by atoms with Crippen LogP contribution in [0.5, 0.6) is 0 Å². The molecule has 0 aromatic heterocycles. The van der Waals surface area contributed by atoms with Crippen LogP contribution in [0.2, 0.25) is 0 Å². The summed E-state index contributed by atoms with van der Waals surface area (Å²) in [6.07, 6.45) is -7.84. The second-order valence-corrected chi connectivity index (χ2v) is 2.51. The standard InChI is InChI=1S/C6H12O7.Ca.Na.3H/c7-1-2(8)3(9)4(10)5(11)6(12)13;;;;;/h2-5,7-11H,1H2,(H,12,13);;;;;/q;+2;+1;3*-1/t2-,3-,4+,5-;;;;;/m1...../s1. The Hall–Kier alpha value is 1.53. The Labute approximate surface area is 142 Å². The second kappa shape index (κ2) is 10.7. The predicted molar refractivity (Wildman–Crippen MR) is 47.8 cm³/mol. The van der Waals surface area contributed by atoms with Crippen molar-refractivity contribution in [3.05, 3.63) is 0 Å². The monoisotopic (exact) mass is 262 g/mol. The van der Waals surface area contributed by atoms with E-state index in [1.54, 1.807) is 0 Å². The van der Waals surface area contributed by atoms with E-state index in [1.165, 1.54) is 0 Å². The van der Waals surface area contributed by atoms with Gasteiger partial charge in [0.2, 0.25) is 0 Å². The van der Waals surface area contributed by atoms with E-state index >= 15 is 0 Å². The Morgan fingerprint density at radius 1 is 1.13 bits per heavy atom. The molecule has 7 nitrogen and oxygen atoms in total. The van der Waals surface area contributed by atoms with E-state index in [2.05, 4.69) is 0 Å². The molecule has 0 spiro atoms. The van der Waals surface area contributed by atoms with E-state index in [9.17, 15) is 4.79 Å². The summed E-state index contributed by atoms with van der Waals surface area (Å²) in [5.41, 5.74) is 0. The summed E-state index contributed by atoms with van der Waals surface area (Å²) in [5.74, 6) is -1.73. The average molecular weight is 262 g/mol. The van der Waals surface area contributed by atoms with Crippen LogP contribution in [0.3, 0.4) is 0 Å². The molecular formula is C6H15CaNaO7. The van der Waals surface area contributed by atoms with Crippen LogP contribution in [0.15, 0.2) is 0 Å². The molecule has 84 valence electrons. The summed E-state index contributed by atoms with van der Waals surface area (Å²) in [6.45, 7) is -0.843. The first-order valence-corrected chi connectivity index (χ1v) is 3.47.